The van der Waals surface area contributed by atoms with Crippen molar-refractivity contribution in [3.05, 3.63) is 95.1 Å². The fourth-order valence-electron chi connectivity index (χ4n) is 2.70. The zero-order chi connectivity index (χ0) is 20.5. The maximum Gasteiger partial charge on any atom is 0.338 e. The molecule has 0 aliphatic carbocycles. The van der Waals surface area contributed by atoms with Gasteiger partial charge in [-0.2, -0.15) is 0 Å². The van der Waals surface area contributed by atoms with E-state index < -0.39 is 5.97 Å². The molecule has 0 amide bonds. The number of ether oxygens (including phenoxy) is 3. The zero-order valence-corrected chi connectivity index (χ0v) is 16.2. The van der Waals surface area contributed by atoms with Gasteiger partial charge in [-0.3, -0.25) is 4.79 Å². The Morgan fingerprint density at radius 3 is 2.34 bits per heavy atom. The van der Waals surface area contributed by atoms with E-state index in [9.17, 15) is 9.59 Å². The Hall–Kier alpha value is -3.60. The molecule has 5 nitrogen and oxygen atoms in total. The lowest BCUT2D eigenvalue weighted by Gasteiger charge is -2.10. The summed E-state index contributed by atoms with van der Waals surface area (Å²) in [7, 11) is 0. The summed E-state index contributed by atoms with van der Waals surface area (Å²) < 4.78 is 16.5. The second kappa shape index (κ2) is 10.1. The predicted octanol–water partition coefficient (Wildman–Crippen LogP) is 4.62. The third kappa shape index (κ3) is 5.94. The summed E-state index contributed by atoms with van der Waals surface area (Å²) in [4.78, 5) is 22.9. The molecule has 0 saturated carbocycles. The van der Waals surface area contributed by atoms with E-state index in [4.69, 9.17) is 14.2 Å². The van der Waals surface area contributed by atoms with Crippen molar-refractivity contribution in [1.82, 2.24) is 0 Å². The van der Waals surface area contributed by atoms with Gasteiger partial charge in [-0.1, -0.05) is 30.3 Å². The first-order valence-electron chi connectivity index (χ1n) is 9.28. The summed E-state index contributed by atoms with van der Waals surface area (Å²) in [6.45, 7) is 2.65. The van der Waals surface area contributed by atoms with Crippen molar-refractivity contribution in [3.63, 3.8) is 0 Å². The Bertz CT molecular complexity index is 949. The van der Waals surface area contributed by atoms with E-state index in [1.807, 2.05) is 49.4 Å². The van der Waals surface area contributed by atoms with Crippen molar-refractivity contribution in [3.8, 4) is 11.5 Å². The number of rotatable bonds is 9. The Morgan fingerprint density at radius 1 is 0.897 bits per heavy atom. The van der Waals surface area contributed by atoms with Crippen molar-refractivity contribution >= 4 is 12.3 Å². The van der Waals surface area contributed by atoms with Gasteiger partial charge in [-0.25, -0.2) is 4.79 Å². The first kappa shape index (κ1) is 20.1. The van der Waals surface area contributed by atoms with Crippen LogP contribution in [0.4, 0.5) is 0 Å². The molecule has 5 heteroatoms. The van der Waals surface area contributed by atoms with Gasteiger partial charge >= 0.3 is 5.97 Å². The van der Waals surface area contributed by atoms with Gasteiger partial charge in [0, 0.05) is 5.56 Å². The second-order valence-electron chi connectivity index (χ2n) is 6.43. The molecular formula is C24H22O5. The van der Waals surface area contributed by atoms with Crippen molar-refractivity contribution < 1.29 is 23.8 Å². The lowest BCUT2D eigenvalue weighted by molar-refractivity contribution is 0.0450. The topological polar surface area (TPSA) is 61.8 Å². The van der Waals surface area contributed by atoms with Crippen molar-refractivity contribution in [2.75, 3.05) is 13.2 Å². The number of aryl methyl sites for hydroxylation is 1. The Balaban J connectivity index is 1.43. The summed E-state index contributed by atoms with van der Waals surface area (Å²) in [6, 6.07) is 21.8. The summed E-state index contributed by atoms with van der Waals surface area (Å²) >= 11 is 0. The third-order valence-corrected chi connectivity index (χ3v) is 4.25. The third-order valence-electron chi connectivity index (χ3n) is 4.25. The molecule has 3 aromatic carbocycles. The van der Waals surface area contributed by atoms with Crippen LogP contribution in [-0.4, -0.2) is 25.5 Å². The molecule has 0 aliphatic heterocycles. The highest BCUT2D eigenvalue weighted by Crippen LogP contribution is 2.18. The van der Waals surface area contributed by atoms with Crippen LogP contribution < -0.4 is 9.47 Å². The summed E-state index contributed by atoms with van der Waals surface area (Å²) in [5, 5.41) is 0. The molecule has 3 rings (SSSR count). The Kier molecular flexibility index (Phi) is 7.00. The molecule has 0 saturated heterocycles. The Labute approximate surface area is 169 Å². The standard InChI is InChI=1S/C24H22O5/c1-18-15-20(16-25)9-12-23(18)27-13-14-28-24(26)21-10-7-19(8-11-21)17-29-22-5-3-2-4-6-22/h2-12,15-16H,13-14,17H2,1H3. The van der Waals surface area contributed by atoms with Crippen molar-refractivity contribution in [1.29, 1.82) is 0 Å². The number of hydrogen-bond donors (Lipinski definition) is 0. The van der Waals surface area contributed by atoms with E-state index >= 15 is 0 Å². The number of aldehydes is 1. The number of hydrogen-bond acceptors (Lipinski definition) is 5. The summed E-state index contributed by atoms with van der Waals surface area (Å²) in [5.41, 5.74) is 2.89. The number of benzene rings is 3. The lowest BCUT2D eigenvalue weighted by Crippen LogP contribution is -2.13. The van der Waals surface area contributed by atoms with Gasteiger partial charge in [0.25, 0.3) is 0 Å². The highest BCUT2D eigenvalue weighted by molar-refractivity contribution is 5.89. The maximum atomic E-state index is 12.1. The van der Waals surface area contributed by atoms with Gasteiger partial charge in [0.1, 0.15) is 37.6 Å². The number of para-hydroxylation sites is 1. The molecule has 0 aromatic heterocycles. The first-order valence-corrected chi connectivity index (χ1v) is 9.28. The average molecular weight is 390 g/mol. The molecule has 0 atom stereocenters. The van der Waals surface area contributed by atoms with Crippen LogP contribution in [0.2, 0.25) is 0 Å². The van der Waals surface area contributed by atoms with E-state index in [-0.39, 0.29) is 13.2 Å². The van der Waals surface area contributed by atoms with Gasteiger partial charge in [0.15, 0.2) is 0 Å². The molecular weight excluding hydrogens is 368 g/mol. The highest BCUT2D eigenvalue weighted by Gasteiger charge is 2.08. The summed E-state index contributed by atoms with van der Waals surface area (Å²) in [5.74, 6) is 1.05. The SMILES string of the molecule is Cc1cc(C=O)ccc1OCCOC(=O)c1ccc(COc2ccccc2)cc1. The molecule has 0 radical (unpaired) electrons. The lowest BCUT2D eigenvalue weighted by atomic mass is 10.1. The largest absolute Gasteiger partial charge is 0.490 e. The molecule has 0 bridgehead atoms. The minimum atomic E-state index is -0.405. The van der Waals surface area contributed by atoms with Crippen LogP contribution in [-0.2, 0) is 11.3 Å². The van der Waals surface area contributed by atoms with E-state index in [0.717, 1.165) is 23.2 Å². The van der Waals surface area contributed by atoms with Gasteiger partial charge in [0.05, 0.1) is 5.56 Å². The van der Waals surface area contributed by atoms with Gasteiger partial charge in [-0.05, 0) is 60.5 Å². The maximum absolute atomic E-state index is 12.1. The molecule has 29 heavy (non-hydrogen) atoms. The fraction of sp³-hybridized carbons (Fsp3) is 0.167. The van der Waals surface area contributed by atoms with Crippen molar-refractivity contribution in [2.24, 2.45) is 0 Å². The first-order chi connectivity index (χ1) is 14.2. The number of carbonyl (C=O) groups excluding carboxylic acids is 2. The van der Waals surface area contributed by atoms with Gasteiger partial charge < -0.3 is 14.2 Å². The van der Waals surface area contributed by atoms with Crippen LogP contribution in [0.5, 0.6) is 11.5 Å². The molecule has 0 spiro atoms. The monoisotopic (exact) mass is 390 g/mol. The van der Waals surface area contributed by atoms with Crippen LogP contribution >= 0.6 is 0 Å². The predicted molar refractivity (Wildman–Crippen MR) is 110 cm³/mol. The fourth-order valence-corrected chi connectivity index (χ4v) is 2.70. The quantitative estimate of drug-likeness (QED) is 0.303. The Morgan fingerprint density at radius 2 is 1.66 bits per heavy atom. The number of esters is 1. The van der Waals surface area contributed by atoms with E-state index in [2.05, 4.69) is 0 Å². The van der Waals surface area contributed by atoms with E-state index in [0.29, 0.717) is 23.5 Å². The zero-order valence-electron chi connectivity index (χ0n) is 16.2. The van der Waals surface area contributed by atoms with Crippen molar-refractivity contribution in [2.45, 2.75) is 13.5 Å². The summed E-state index contributed by atoms with van der Waals surface area (Å²) in [6.07, 6.45) is 0.789. The molecule has 0 aliphatic rings. The molecule has 148 valence electrons. The van der Waals surface area contributed by atoms with Crippen LogP contribution in [0.25, 0.3) is 0 Å². The molecule has 0 heterocycles. The number of carbonyl (C=O) groups is 2. The van der Waals surface area contributed by atoms with Crippen LogP contribution in [0.3, 0.4) is 0 Å². The minimum absolute atomic E-state index is 0.132. The highest BCUT2D eigenvalue weighted by atomic mass is 16.6. The molecule has 0 unspecified atom stereocenters. The van der Waals surface area contributed by atoms with Crippen LogP contribution in [0.1, 0.15) is 31.8 Å². The smallest absolute Gasteiger partial charge is 0.338 e. The van der Waals surface area contributed by atoms with Crippen LogP contribution in [0, 0.1) is 6.92 Å². The van der Waals surface area contributed by atoms with Gasteiger partial charge in [-0.15, -0.1) is 0 Å². The van der Waals surface area contributed by atoms with Gasteiger partial charge in [0.2, 0.25) is 0 Å². The molecule has 0 N–H and O–H groups in total. The minimum Gasteiger partial charge on any atom is -0.490 e. The average Bonchev–Trinajstić information content (AvgIpc) is 2.77. The van der Waals surface area contributed by atoms with E-state index in [1.165, 1.54) is 0 Å². The van der Waals surface area contributed by atoms with E-state index in [1.54, 1.807) is 30.3 Å². The second-order valence-corrected chi connectivity index (χ2v) is 6.43. The van der Waals surface area contributed by atoms with Crippen LogP contribution in [0.15, 0.2) is 72.8 Å². The molecule has 3 aromatic rings. The normalized spacial score (nSPS) is 10.2. The molecule has 0 fully saturated rings.